The normalized spacial score (nSPS) is 12.2. The van der Waals surface area contributed by atoms with Crippen LogP contribution in [0.5, 0.6) is 11.5 Å². The zero-order chi connectivity index (χ0) is 11.3. The Morgan fingerprint density at radius 2 is 2.13 bits per heavy atom. The number of hydrogen-bond donors (Lipinski definition) is 2. The Labute approximate surface area is 89.6 Å². The summed E-state index contributed by atoms with van der Waals surface area (Å²) >= 11 is 0. The lowest BCUT2D eigenvalue weighted by Crippen LogP contribution is -2.08. The molecule has 15 heavy (non-hydrogen) atoms. The van der Waals surface area contributed by atoms with Gasteiger partial charge in [-0.3, -0.25) is 0 Å². The highest BCUT2D eigenvalue weighted by molar-refractivity contribution is 5.51. The summed E-state index contributed by atoms with van der Waals surface area (Å²) in [5.74, 6) is 1.26. The summed E-state index contributed by atoms with van der Waals surface area (Å²) in [7, 11) is 1.58. The second-order valence-electron chi connectivity index (χ2n) is 3.40. The highest BCUT2D eigenvalue weighted by Gasteiger charge is 2.05. The number of aliphatic hydroxyl groups excluding tert-OH is 1. The third-order valence-electron chi connectivity index (χ3n) is 1.98. The minimum atomic E-state index is -0.364. The summed E-state index contributed by atoms with van der Waals surface area (Å²) in [6, 6.07) is 5.22. The van der Waals surface area contributed by atoms with Crippen molar-refractivity contribution < 1.29 is 14.6 Å². The Balaban J connectivity index is 2.62. The molecule has 3 N–H and O–H groups in total. The molecule has 0 saturated carbocycles. The first-order valence-corrected chi connectivity index (χ1v) is 4.88. The van der Waals surface area contributed by atoms with Crippen molar-refractivity contribution in [2.24, 2.45) is 0 Å². The number of anilines is 1. The number of nitrogen functional groups attached to an aromatic ring is 1. The van der Waals surface area contributed by atoms with E-state index >= 15 is 0 Å². The van der Waals surface area contributed by atoms with Gasteiger partial charge in [-0.15, -0.1) is 0 Å². The zero-order valence-corrected chi connectivity index (χ0v) is 9.06. The van der Waals surface area contributed by atoms with Crippen LogP contribution in [0, 0.1) is 0 Å². The molecule has 84 valence electrons. The maximum atomic E-state index is 9.08. The molecule has 0 aliphatic heterocycles. The second-order valence-corrected chi connectivity index (χ2v) is 3.40. The number of methoxy groups -OCH3 is 1. The SMILES string of the molecule is COc1ccc(N)cc1OCCC(C)O. The molecule has 0 spiro atoms. The highest BCUT2D eigenvalue weighted by atomic mass is 16.5. The molecule has 1 rings (SSSR count). The van der Waals surface area contributed by atoms with Gasteiger partial charge < -0.3 is 20.3 Å². The van der Waals surface area contributed by atoms with Gasteiger partial charge in [-0.05, 0) is 19.1 Å². The average Bonchev–Trinajstić information content (AvgIpc) is 2.17. The molecule has 1 aromatic rings. The largest absolute Gasteiger partial charge is 0.493 e. The van der Waals surface area contributed by atoms with E-state index < -0.39 is 0 Å². The molecule has 1 unspecified atom stereocenters. The van der Waals surface area contributed by atoms with Crippen molar-refractivity contribution in [3.8, 4) is 11.5 Å². The van der Waals surface area contributed by atoms with Crippen molar-refractivity contribution in [2.45, 2.75) is 19.4 Å². The molecule has 4 heteroatoms. The summed E-state index contributed by atoms with van der Waals surface area (Å²) in [6.45, 7) is 2.16. The van der Waals surface area contributed by atoms with Gasteiger partial charge in [-0.2, -0.15) is 0 Å². The first-order chi connectivity index (χ1) is 7.13. The van der Waals surface area contributed by atoms with Gasteiger partial charge in [0.1, 0.15) is 0 Å². The maximum Gasteiger partial charge on any atom is 0.163 e. The number of ether oxygens (including phenoxy) is 2. The van der Waals surface area contributed by atoms with E-state index in [0.29, 0.717) is 30.2 Å². The third kappa shape index (κ3) is 3.67. The van der Waals surface area contributed by atoms with Crippen molar-refractivity contribution in [3.05, 3.63) is 18.2 Å². The lowest BCUT2D eigenvalue weighted by molar-refractivity contribution is 0.154. The molecular formula is C11H17NO3. The van der Waals surface area contributed by atoms with Gasteiger partial charge in [0.15, 0.2) is 11.5 Å². The van der Waals surface area contributed by atoms with Gasteiger partial charge in [-0.1, -0.05) is 0 Å². The average molecular weight is 211 g/mol. The van der Waals surface area contributed by atoms with Gasteiger partial charge >= 0.3 is 0 Å². The lowest BCUT2D eigenvalue weighted by Gasteiger charge is -2.11. The third-order valence-corrected chi connectivity index (χ3v) is 1.98. The van der Waals surface area contributed by atoms with Crippen LogP contribution in [0.25, 0.3) is 0 Å². The van der Waals surface area contributed by atoms with Crippen LogP contribution in [-0.4, -0.2) is 24.9 Å². The fraction of sp³-hybridized carbons (Fsp3) is 0.455. The van der Waals surface area contributed by atoms with Crippen LogP contribution in [-0.2, 0) is 0 Å². The first kappa shape index (κ1) is 11.7. The minimum absolute atomic E-state index is 0.364. The van der Waals surface area contributed by atoms with E-state index in [1.807, 2.05) is 0 Å². The van der Waals surface area contributed by atoms with E-state index in [1.54, 1.807) is 32.2 Å². The topological polar surface area (TPSA) is 64.7 Å². The lowest BCUT2D eigenvalue weighted by atomic mass is 10.2. The smallest absolute Gasteiger partial charge is 0.163 e. The minimum Gasteiger partial charge on any atom is -0.493 e. The van der Waals surface area contributed by atoms with Crippen molar-refractivity contribution in [1.82, 2.24) is 0 Å². The summed E-state index contributed by atoms with van der Waals surface area (Å²) in [5, 5.41) is 9.08. The van der Waals surface area contributed by atoms with Crippen LogP contribution in [0.1, 0.15) is 13.3 Å². The van der Waals surface area contributed by atoms with Crippen LogP contribution >= 0.6 is 0 Å². The van der Waals surface area contributed by atoms with E-state index in [1.165, 1.54) is 0 Å². The molecule has 0 radical (unpaired) electrons. The molecule has 1 atom stereocenters. The van der Waals surface area contributed by atoms with Gasteiger partial charge in [-0.25, -0.2) is 0 Å². The van der Waals surface area contributed by atoms with E-state index in [2.05, 4.69) is 0 Å². The predicted molar refractivity (Wildman–Crippen MR) is 59.2 cm³/mol. The number of rotatable bonds is 5. The van der Waals surface area contributed by atoms with E-state index in [-0.39, 0.29) is 6.10 Å². The van der Waals surface area contributed by atoms with Crippen LogP contribution in [0.3, 0.4) is 0 Å². The number of benzene rings is 1. The molecule has 0 fully saturated rings. The van der Waals surface area contributed by atoms with E-state index in [9.17, 15) is 0 Å². The molecule has 0 aromatic heterocycles. The van der Waals surface area contributed by atoms with Gasteiger partial charge in [0.2, 0.25) is 0 Å². The fourth-order valence-electron chi connectivity index (χ4n) is 1.15. The molecule has 0 bridgehead atoms. The van der Waals surface area contributed by atoms with Crippen LogP contribution in [0.4, 0.5) is 5.69 Å². The zero-order valence-electron chi connectivity index (χ0n) is 9.06. The molecular weight excluding hydrogens is 194 g/mol. The Morgan fingerprint density at radius 3 is 2.73 bits per heavy atom. The van der Waals surface area contributed by atoms with Gasteiger partial charge in [0.25, 0.3) is 0 Å². The number of hydrogen-bond acceptors (Lipinski definition) is 4. The molecule has 4 nitrogen and oxygen atoms in total. The summed E-state index contributed by atoms with van der Waals surface area (Å²) in [5.41, 5.74) is 6.26. The molecule has 0 heterocycles. The Kier molecular flexibility index (Phi) is 4.24. The van der Waals surface area contributed by atoms with Gasteiger partial charge in [0.05, 0.1) is 19.8 Å². The monoisotopic (exact) mass is 211 g/mol. The van der Waals surface area contributed by atoms with Crippen molar-refractivity contribution >= 4 is 5.69 Å². The van der Waals surface area contributed by atoms with Crippen molar-refractivity contribution in [3.63, 3.8) is 0 Å². The second kappa shape index (κ2) is 5.46. The molecule has 1 aromatic carbocycles. The van der Waals surface area contributed by atoms with E-state index in [0.717, 1.165) is 0 Å². The first-order valence-electron chi connectivity index (χ1n) is 4.88. The van der Waals surface area contributed by atoms with Crippen molar-refractivity contribution in [1.29, 1.82) is 0 Å². The summed E-state index contributed by atoms with van der Waals surface area (Å²) in [4.78, 5) is 0. The standard InChI is InChI=1S/C11H17NO3/c1-8(13)5-6-15-11-7-9(12)3-4-10(11)14-2/h3-4,7-8,13H,5-6,12H2,1-2H3. The van der Waals surface area contributed by atoms with Crippen LogP contribution < -0.4 is 15.2 Å². The quantitative estimate of drug-likeness (QED) is 0.723. The highest BCUT2D eigenvalue weighted by Crippen LogP contribution is 2.28. The molecule has 0 aliphatic rings. The number of aliphatic hydroxyl groups is 1. The fourth-order valence-corrected chi connectivity index (χ4v) is 1.15. The molecule has 0 aliphatic carbocycles. The Bertz CT molecular complexity index is 313. The maximum absolute atomic E-state index is 9.08. The Morgan fingerprint density at radius 1 is 1.40 bits per heavy atom. The van der Waals surface area contributed by atoms with Crippen LogP contribution in [0.15, 0.2) is 18.2 Å². The molecule has 0 saturated heterocycles. The molecule has 0 amide bonds. The van der Waals surface area contributed by atoms with Gasteiger partial charge in [0, 0.05) is 18.2 Å². The Hall–Kier alpha value is -1.42. The number of nitrogens with two attached hydrogens (primary N) is 1. The summed E-state index contributed by atoms with van der Waals surface area (Å²) in [6.07, 6.45) is 0.217. The van der Waals surface area contributed by atoms with Crippen molar-refractivity contribution in [2.75, 3.05) is 19.5 Å². The van der Waals surface area contributed by atoms with E-state index in [4.69, 9.17) is 20.3 Å². The predicted octanol–water partition coefficient (Wildman–Crippen LogP) is 1.43. The van der Waals surface area contributed by atoms with Crippen LogP contribution in [0.2, 0.25) is 0 Å². The summed E-state index contributed by atoms with van der Waals surface area (Å²) < 4.78 is 10.6.